The van der Waals surface area contributed by atoms with Crippen molar-refractivity contribution in [2.45, 2.75) is 7.43 Å². The van der Waals surface area contributed by atoms with Crippen molar-refractivity contribution in [3.05, 3.63) is 97.9 Å². The second kappa shape index (κ2) is 13.6. The highest BCUT2D eigenvalue weighted by Gasteiger charge is 2.07. The summed E-state index contributed by atoms with van der Waals surface area (Å²) in [4.78, 5) is 22.4. The van der Waals surface area contributed by atoms with Gasteiger partial charge in [-0.1, -0.05) is 7.43 Å². The number of benzene rings is 2. The van der Waals surface area contributed by atoms with Crippen molar-refractivity contribution >= 4 is 68.2 Å². The summed E-state index contributed by atoms with van der Waals surface area (Å²) in [5.41, 5.74) is 7.83. The van der Waals surface area contributed by atoms with E-state index < -0.39 is 5.97 Å². The van der Waals surface area contributed by atoms with Crippen LogP contribution in [0.15, 0.2) is 89.6 Å². The highest BCUT2D eigenvalue weighted by molar-refractivity contribution is 14.1. The van der Waals surface area contributed by atoms with Gasteiger partial charge in [0.1, 0.15) is 0 Å². The lowest BCUT2D eigenvalue weighted by molar-refractivity contribution is 0.0697. The number of nitrogens with two attached hydrogens (primary N) is 1. The first-order valence-corrected chi connectivity index (χ1v) is 11.8. The van der Waals surface area contributed by atoms with Crippen LogP contribution in [-0.4, -0.2) is 31.1 Å². The van der Waals surface area contributed by atoms with Gasteiger partial charge >= 0.3 is 5.97 Å². The number of carbonyl (C=O) groups is 1. The van der Waals surface area contributed by atoms with Crippen LogP contribution in [0.4, 0.5) is 5.82 Å². The fourth-order valence-electron chi connectivity index (χ4n) is 2.49. The Morgan fingerprint density at radius 1 is 0.857 bits per heavy atom. The number of pyridine rings is 2. The van der Waals surface area contributed by atoms with Gasteiger partial charge in [0, 0.05) is 25.1 Å². The van der Waals surface area contributed by atoms with E-state index in [1.54, 1.807) is 36.5 Å². The Hall–Kier alpha value is -3.26. The molecule has 3 aromatic heterocycles. The minimum Gasteiger partial charge on any atom is -0.504 e. The zero-order valence-electron chi connectivity index (χ0n) is 17.5. The molecule has 0 amide bonds. The first-order chi connectivity index (χ1) is 16.3. The van der Waals surface area contributed by atoms with E-state index in [4.69, 9.17) is 20.4 Å². The molecule has 0 saturated carbocycles. The average Bonchev–Trinajstić information content (AvgIpc) is 3.27. The molecule has 0 atom stereocenters. The maximum atomic E-state index is 10.3. The quantitative estimate of drug-likeness (QED) is 0.179. The van der Waals surface area contributed by atoms with Gasteiger partial charge in [-0.3, -0.25) is 0 Å². The molecule has 0 saturated heterocycles. The fourth-order valence-corrected chi connectivity index (χ4v) is 3.21. The molecular weight excluding hydrogens is 674 g/mol. The second-order valence-corrected chi connectivity index (χ2v) is 9.06. The Morgan fingerprint density at radius 2 is 1.43 bits per heavy atom. The molecule has 5 aromatic rings. The van der Waals surface area contributed by atoms with Crippen molar-refractivity contribution < 1.29 is 19.4 Å². The molecule has 0 fully saturated rings. The molecule has 3 heterocycles. The Morgan fingerprint density at radius 3 is 1.94 bits per heavy atom. The number of hydrogen-bond acceptors (Lipinski definition) is 7. The van der Waals surface area contributed by atoms with E-state index in [1.807, 2.05) is 36.4 Å². The van der Waals surface area contributed by atoms with Crippen molar-refractivity contribution in [2.75, 3.05) is 5.73 Å². The maximum absolute atomic E-state index is 10.3. The van der Waals surface area contributed by atoms with Crippen LogP contribution in [0.1, 0.15) is 17.8 Å². The van der Waals surface area contributed by atoms with Crippen LogP contribution in [0.5, 0.6) is 5.75 Å². The van der Waals surface area contributed by atoms with E-state index in [-0.39, 0.29) is 19.0 Å². The van der Waals surface area contributed by atoms with Crippen LogP contribution in [0.2, 0.25) is 0 Å². The van der Waals surface area contributed by atoms with Gasteiger partial charge < -0.3 is 20.4 Å². The van der Waals surface area contributed by atoms with Crippen molar-refractivity contribution in [2.24, 2.45) is 0 Å². The first-order valence-electron chi connectivity index (χ1n) is 9.69. The second-order valence-electron chi connectivity index (χ2n) is 6.57. The van der Waals surface area contributed by atoms with E-state index in [1.165, 1.54) is 15.8 Å². The van der Waals surface area contributed by atoms with Crippen LogP contribution in [0.3, 0.4) is 0 Å². The summed E-state index contributed by atoms with van der Waals surface area (Å²) in [7, 11) is 0. The van der Waals surface area contributed by atoms with E-state index in [0.717, 1.165) is 14.7 Å². The minimum atomic E-state index is -0.878. The molecule has 0 spiro atoms. The molecule has 10 heteroatoms. The average molecular weight is 696 g/mol. The topological polar surface area (TPSA) is 135 Å². The summed E-state index contributed by atoms with van der Waals surface area (Å²) in [6.07, 6.45) is 3.23. The fraction of sp³-hybridized carbons (Fsp3) is 0.0400. The monoisotopic (exact) mass is 696 g/mol. The molecule has 0 bridgehead atoms. The summed E-state index contributed by atoms with van der Waals surface area (Å²) < 4.78 is 7.85. The van der Waals surface area contributed by atoms with Crippen LogP contribution in [0.25, 0.3) is 22.7 Å². The van der Waals surface area contributed by atoms with Crippen LogP contribution >= 0.6 is 45.2 Å². The van der Waals surface area contributed by atoms with Crippen LogP contribution in [-0.2, 0) is 0 Å². The van der Waals surface area contributed by atoms with Gasteiger partial charge in [-0.25, -0.2) is 14.8 Å². The number of nitrogens with zero attached hydrogens (tertiary/aromatic N) is 3. The summed E-state index contributed by atoms with van der Waals surface area (Å²) >= 11 is 4.39. The summed E-state index contributed by atoms with van der Waals surface area (Å²) in [6, 6.07) is 21.6. The van der Waals surface area contributed by atoms with E-state index in [0.29, 0.717) is 17.1 Å². The number of oxazole rings is 1. The highest BCUT2D eigenvalue weighted by Crippen LogP contribution is 2.23. The van der Waals surface area contributed by atoms with Gasteiger partial charge in [0.25, 0.3) is 0 Å². The molecule has 35 heavy (non-hydrogen) atoms. The molecule has 2 aromatic carbocycles. The van der Waals surface area contributed by atoms with Gasteiger partial charge in [0.2, 0.25) is 5.89 Å². The molecule has 0 aliphatic rings. The Balaban J connectivity index is 0.000000197. The largest absolute Gasteiger partial charge is 0.504 e. The van der Waals surface area contributed by atoms with Gasteiger partial charge in [0.15, 0.2) is 22.8 Å². The van der Waals surface area contributed by atoms with Crippen molar-refractivity contribution in [3.63, 3.8) is 0 Å². The number of aromatic hydroxyl groups is 1. The maximum Gasteiger partial charge on any atom is 0.335 e. The number of aromatic carboxylic acids is 1. The first kappa shape index (κ1) is 28.0. The smallest absolute Gasteiger partial charge is 0.335 e. The van der Waals surface area contributed by atoms with Gasteiger partial charge in [0.05, 0.1) is 5.56 Å². The number of halogens is 2. The SMILES string of the molecule is C.Ic1ccc(-c2nc3ncccc3o2)cc1.Nc1ncccc1O.O=C(O)c1ccc(I)cc1. The lowest BCUT2D eigenvalue weighted by Gasteiger charge is -1.94. The molecule has 0 aliphatic heterocycles. The number of fused-ring (bicyclic) bond motifs is 1. The Labute approximate surface area is 229 Å². The van der Waals surface area contributed by atoms with Crippen molar-refractivity contribution in [1.29, 1.82) is 0 Å². The standard InChI is InChI=1S/C12H7IN2O.C7H5IO2.C5H6N2O.CH4/c13-9-5-3-8(4-6-9)12-15-11-10(16-12)2-1-7-14-11;8-6-3-1-5(2-4-6)7(9)10;6-5-4(8)2-1-3-7-5;/h1-7H;1-4H,(H,9,10);1-3,8H,(H2,6,7);1H4. The van der Waals surface area contributed by atoms with Gasteiger partial charge in [-0.15, -0.1) is 0 Å². The molecule has 180 valence electrons. The molecule has 4 N–H and O–H groups in total. The highest BCUT2D eigenvalue weighted by atomic mass is 127. The minimum absolute atomic E-state index is 0. The predicted molar refractivity (Wildman–Crippen MR) is 153 cm³/mol. The Bertz CT molecular complexity index is 1320. The zero-order chi connectivity index (χ0) is 24.5. The number of hydrogen-bond donors (Lipinski definition) is 3. The number of nitrogen functional groups attached to an aromatic ring is 1. The van der Waals surface area contributed by atoms with Crippen molar-refractivity contribution in [1.82, 2.24) is 15.0 Å². The molecule has 0 radical (unpaired) electrons. The Kier molecular flexibility index (Phi) is 10.9. The van der Waals surface area contributed by atoms with E-state index in [2.05, 4.69) is 60.1 Å². The summed E-state index contributed by atoms with van der Waals surface area (Å²) in [5, 5.41) is 17.2. The third-order valence-electron chi connectivity index (χ3n) is 4.16. The molecule has 0 aliphatic carbocycles. The third-order valence-corrected chi connectivity index (χ3v) is 5.60. The number of carboxylic acids is 1. The van der Waals surface area contributed by atoms with E-state index >= 15 is 0 Å². The zero-order valence-corrected chi connectivity index (χ0v) is 21.8. The molecular formula is C25H22I2N4O4. The molecule has 8 nitrogen and oxygen atoms in total. The lowest BCUT2D eigenvalue weighted by Crippen LogP contribution is -1.94. The number of rotatable bonds is 2. The number of anilines is 1. The van der Waals surface area contributed by atoms with Gasteiger partial charge in [-0.2, -0.15) is 4.98 Å². The van der Waals surface area contributed by atoms with E-state index in [9.17, 15) is 4.79 Å². The number of carboxylic acid groups (broad SMARTS) is 1. The number of aromatic nitrogens is 3. The van der Waals surface area contributed by atoms with Crippen LogP contribution in [0, 0.1) is 7.14 Å². The lowest BCUT2D eigenvalue weighted by atomic mass is 10.2. The summed E-state index contributed by atoms with van der Waals surface area (Å²) in [6.45, 7) is 0. The predicted octanol–water partition coefficient (Wildman–Crippen LogP) is 6.49. The molecule has 0 unspecified atom stereocenters. The normalized spacial score (nSPS) is 9.66. The van der Waals surface area contributed by atoms with Crippen LogP contribution < -0.4 is 5.73 Å². The molecule has 5 rings (SSSR count). The van der Waals surface area contributed by atoms with Gasteiger partial charge in [-0.05, 0) is 118 Å². The summed E-state index contributed by atoms with van der Waals surface area (Å²) in [5.74, 6) is -0.0542. The van der Waals surface area contributed by atoms with Crippen molar-refractivity contribution in [3.8, 4) is 17.2 Å². The third kappa shape index (κ3) is 8.47.